The van der Waals surface area contributed by atoms with Crippen molar-refractivity contribution >= 4 is 21.4 Å². The summed E-state index contributed by atoms with van der Waals surface area (Å²) in [5.41, 5.74) is 0.793. The number of hydrogen-bond donors (Lipinski definition) is 1. The van der Waals surface area contributed by atoms with Crippen LogP contribution in [0.3, 0.4) is 0 Å². The lowest BCUT2D eigenvalue weighted by atomic mass is 10.1. The van der Waals surface area contributed by atoms with E-state index in [1.807, 2.05) is 20.8 Å². The van der Waals surface area contributed by atoms with Gasteiger partial charge in [0.05, 0.1) is 18.1 Å². The summed E-state index contributed by atoms with van der Waals surface area (Å²) >= 11 is 0. The Morgan fingerprint density at radius 2 is 1.81 bits per heavy atom. The number of ether oxygens (including phenoxy) is 2. The smallest absolute Gasteiger partial charge is 0.255 e. The summed E-state index contributed by atoms with van der Waals surface area (Å²) in [6, 6.07) is 11.1. The van der Waals surface area contributed by atoms with Crippen molar-refractivity contribution in [3.63, 3.8) is 0 Å². The lowest BCUT2D eigenvalue weighted by molar-refractivity contribution is 0.102. The van der Waals surface area contributed by atoms with E-state index < -0.39 is 9.84 Å². The number of rotatable bonds is 8. The second-order valence-corrected chi connectivity index (χ2v) is 8.57. The van der Waals surface area contributed by atoms with Gasteiger partial charge in [-0.05, 0) is 49.2 Å². The molecule has 7 heteroatoms. The van der Waals surface area contributed by atoms with Crippen molar-refractivity contribution in [2.24, 2.45) is 5.92 Å². The van der Waals surface area contributed by atoms with Crippen LogP contribution in [-0.2, 0) is 9.84 Å². The molecule has 0 aliphatic rings. The highest BCUT2D eigenvalue weighted by molar-refractivity contribution is 7.90. The summed E-state index contributed by atoms with van der Waals surface area (Å²) in [7, 11) is -3.35. The molecule has 0 unspecified atom stereocenters. The van der Waals surface area contributed by atoms with Crippen molar-refractivity contribution in [3.05, 3.63) is 48.0 Å². The largest absolute Gasteiger partial charge is 0.490 e. The quantitative estimate of drug-likeness (QED) is 0.741. The molecule has 0 spiro atoms. The molecule has 146 valence electrons. The van der Waals surface area contributed by atoms with Crippen LogP contribution in [0.4, 0.5) is 5.69 Å². The number of anilines is 1. The highest BCUT2D eigenvalue weighted by Crippen LogP contribution is 2.29. The number of sulfone groups is 1. The fourth-order valence-corrected chi connectivity index (χ4v) is 2.97. The molecule has 0 bridgehead atoms. The van der Waals surface area contributed by atoms with Gasteiger partial charge in [0.1, 0.15) is 0 Å². The van der Waals surface area contributed by atoms with Crippen LogP contribution in [0.25, 0.3) is 0 Å². The van der Waals surface area contributed by atoms with E-state index in [9.17, 15) is 13.2 Å². The van der Waals surface area contributed by atoms with Gasteiger partial charge in [0.25, 0.3) is 5.91 Å². The molecule has 0 radical (unpaired) electrons. The molecule has 0 saturated carbocycles. The minimum Gasteiger partial charge on any atom is -0.490 e. The summed E-state index contributed by atoms with van der Waals surface area (Å²) in [4.78, 5) is 12.7. The zero-order valence-electron chi connectivity index (χ0n) is 16.0. The van der Waals surface area contributed by atoms with Crippen LogP contribution in [0.15, 0.2) is 47.4 Å². The predicted molar refractivity (Wildman–Crippen MR) is 105 cm³/mol. The number of benzene rings is 2. The highest BCUT2D eigenvalue weighted by atomic mass is 32.2. The average molecular weight is 391 g/mol. The predicted octanol–water partition coefficient (Wildman–Crippen LogP) is 3.78. The maximum absolute atomic E-state index is 12.6. The molecule has 1 amide bonds. The van der Waals surface area contributed by atoms with E-state index in [1.165, 1.54) is 12.1 Å². The van der Waals surface area contributed by atoms with Gasteiger partial charge in [-0.1, -0.05) is 19.9 Å². The van der Waals surface area contributed by atoms with Gasteiger partial charge in [0.2, 0.25) is 0 Å². The van der Waals surface area contributed by atoms with Crippen molar-refractivity contribution in [1.82, 2.24) is 0 Å². The van der Waals surface area contributed by atoms with Crippen LogP contribution >= 0.6 is 0 Å². The molecule has 0 aliphatic heterocycles. The van der Waals surface area contributed by atoms with Crippen molar-refractivity contribution in [2.45, 2.75) is 25.7 Å². The lowest BCUT2D eigenvalue weighted by Gasteiger charge is -2.14. The Balaban J connectivity index is 2.22. The molecular weight excluding hydrogens is 366 g/mol. The number of nitrogens with one attached hydrogen (secondary N) is 1. The molecule has 0 atom stereocenters. The summed E-state index contributed by atoms with van der Waals surface area (Å²) in [6.07, 6.45) is 1.12. The van der Waals surface area contributed by atoms with Gasteiger partial charge >= 0.3 is 0 Å². The molecule has 0 heterocycles. The zero-order valence-corrected chi connectivity index (χ0v) is 16.8. The van der Waals surface area contributed by atoms with E-state index in [0.717, 1.165) is 6.26 Å². The second kappa shape index (κ2) is 8.90. The topological polar surface area (TPSA) is 81.7 Å². The third-order valence-corrected chi connectivity index (χ3v) is 4.71. The van der Waals surface area contributed by atoms with Crippen molar-refractivity contribution in [2.75, 3.05) is 24.8 Å². The average Bonchev–Trinajstić information content (AvgIpc) is 2.60. The van der Waals surface area contributed by atoms with Gasteiger partial charge in [-0.2, -0.15) is 0 Å². The first kappa shape index (κ1) is 20.8. The van der Waals surface area contributed by atoms with Gasteiger partial charge in [0.15, 0.2) is 21.3 Å². The van der Waals surface area contributed by atoms with Gasteiger partial charge in [0, 0.05) is 17.5 Å². The molecule has 2 rings (SSSR count). The minimum atomic E-state index is -3.35. The molecule has 0 aromatic heterocycles. The molecule has 0 saturated heterocycles. The van der Waals surface area contributed by atoms with Crippen molar-refractivity contribution in [1.29, 1.82) is 0 Å². The second-order valence-electron chi connectivity index (χ2n) is 6.55. The molecule has 2 aromatic rings. The lowest BCUT2D eigenvalue weighted by Crippen LogP contribution is -2.13. The fraction of sp³-hybridized carbons (Fsp3) is 0.350. The first-order valence-corrected chi connectivity index (χ1v) is 10.6. The van der Waals surface area contributed by atoms with Crippen LogP contribution in [0, 0.1) is 5.92 Å². The van der Waals surface area contributed by atoms with Crippen molar-refractivity contribution < 1.29 is 22.7 Å². The van der Waals surface area contributed by atoms with Gasteiger partial charge in [-0.15, -0.1) is 0 Å². The van der Waals surface area contributed by atoms with Crippen LogP contribution < -0.4 is 14.8 Å². The first-order valence-electron chi connectivity index (χ1n) is 8.71. The van der Waals surface area contributed by atoms with Crippen LogP contribution in [-0.4, -0.2) is 33.8 Å². The SMILES string of the molecule is CCOc1cc(C(=O)Nc2cccc(S(C)(=O)=O)c2)ccc1OCC(C)C. The number of hydrogen-bond acceptors (Lipinski definition) is 5. The summed E-state index contributed by atoms with van der Waals surface area (Å²) in [5.74, 6) is 1.08. The Morgan fingerprint density at radius 1 is 1.07 bits per heavy atom. The zero-order chi connectivity index (χ0) is 20.0. The maximum Gasteiger partial charge on any atom is 0.255 e. The molecule has 2 aromatic carbocycles. The van der Waals surface area contributed by atoms with E-state index in [-0.39, 0.29) is 10.8 Å². The highest BCUT2D eigenvalue weighted by Gasteiger charge is 2.14. The van der Waals surface area contributed by atoms with Crippen molar-refractivity contribution in [3.8, 4) is 11.5 Å². The Hall–Kier alpha value is -2.54. The maximum atomic E-state index is 12.6. The van der Waals surface area contributed by atoms with E-state index in [0.29, 0.717) is 41.9 Å². The molecular formula is C20H25NO5S. The molecule has 0 aliphatic carbocycles. The molecule has 27 heavy (non-hydrogen) atoms. The molecule has 0 fully saturated rings. The summed E-state index contributed by atoms with van der Waals surface area (Å²) in [5, 5.41) is 2.71. The number of carbonyl (C=O) groups excluding carboxylic acids is 1. The Labute approximate surface area is 160 Å². The Kier molecular flexibility index (Phi) is 6.85. The monoisotopic (exact) mass is 391 g/mol. The van der Waals surface area contributed by atoms with Gasteiger partial charge < -0.3 is 14.8 Å². The molecule has 1 N–H and O–H groups in total. The summed E-state index contributed by atoms with van der Waals surface area (Å²) < 4.78 is 34.6. The van der Waals surface area contributed by atoms with Gasteiger partial charge in [-0.25, -0.2) is 8.42 Å². The van der Waals surface area contributed by atoms with Gasteiger partial charge in [-0.3, -0.25) is 4.79 Å². The summed E-state index contributed by atoms with van der Waals surface area (Å²) in [6.45, 7) is 6.94. The van der Waals surface area contributed by atoms with Crippen LogP contribution in [0.2, 0.25) is 0 Å². The minimum absolute atomic E-state index is 0.146. The van der Waals surface area contributed by atoms with Crippen LogP contribution in [0.5, 0.6) is 11.5 Å². The Morgan fingerprint density at radius 3 is 2.44 bits per heavy atom. The third kappa shape index (κ3) is 5.99. The van der Waals surface area contributed by atoms with E-state index in [1.54, 1.807) is 30.3 Å². The fourth-order valence-electron chi connectivity index (χ4n) is 2.30. The first-order chi connectivity index (χ1) is 12.7. The standard InChI is InChI=1S/C20H25NO5S/c1-5-25-19-11-15(9-10-18(19)26-13-14(2)3)20(22)21-16-7-6-8-17(12-16)27(4,23)24/h6-12,14H,5,13H2,1-4H3,(H,21,22). The number of carbonyl (C=O) groups is 1. The Bertz CT molecular complexity index is 906. The third-order valence-electron chi connectivity index (χ3n) is 3.60. The van der Waals surface area contributed by atoms with E-state index in [2.05, 4.69) is 5.32 Å². The van der Waals surface area contributed by atoms with Crippen LogP contribution in [0.1, 0.15) is 31.1 Å². The normalized spacial score (nSPS) is 11.3. The number of amides is 1. The van der Waals surface area contributed by atoms with E-state index in [4.69, 9.17) is 9.47 Å². The molecule has 6 nitrogen and oxygen atoms in total. The van der Waals surface area contributed by atoms with E-state index >= 15 is 0 Å².